The highest BCUT2D eigenvalue weighted by molar-refractivity contribution is 7.89. The second kappa shape index (κ2) is 9.32. The number of sulfonamides is 1. The molecular weight excluding hydrogens is 444 g/mol. The lowest BCUT2D eigenvalue weighted by Crippen LogP contribution is -2.43. The quantitative estimate of drug-likeness (QED) is 0.564. The smallest absolute Gasteiger partial charge is 0.322 e. The molecule has 1 aromatic heterocycles. The summed E-state index contributed by atoms with van der Waals surface area (Å²) >= 11 is 0. The van der Waals surface area contributed by atoms with Crippen molar-refractivity contribution in [2.45, 2.75) is 44.0 Å². The number of benzene rings is 2. The molecule has 4 rings (SSSR count). The maximum absolute atomic E-state index is 13.1. The van der Waals surface area contributed by atoms with E-state index in [4.69, 9.17) is 9.15 Å². The molecule has 0 aliphatic carbocycles. The van der Waals surface area contributed by atoms with Crippen LogP contribution in [-0.4, -0.2) is 48.5 Å². The number of anilines is 1. The number of methoxy groups -OCH3 is 1. The Morgan fingerprint density at radius 2 is 1.91 bits per heavy atom. The Morgan fingerprint density at radius 3 is 2.61 bits per heavy atom. The SMILES string of the molecule is COc1ccc(S(=O)(=O)N2CCCC2C(=O)Nc2nnc(Cc3ccc(C)c(C)c3)o2)cc1. The first-order chi connectivity index (χ1) is 15.8. The topological polar surface area (TPSA) is 115 Å². The van der Waals surface area contributed by atoms with Crippen LogP contribution in [0.1, 0.15) is 35.4 Å². The Morgan fingerprint density at radius 1 is 1.15 bits per heavy atom. The molecule has 1 saturated heterocycles. The largest absolute Gasteiger partial charge is 0.497 e. The van der Waals surface area contributed by atoms with Crippen molar-refractivity contribution in [3.63, 3.8) is 0 Å². The van der Waals surface area contributed by atoms with Crippen molar-refractivity contribution in [3.05, 3.63) is 65.0 Å². The molecule has 0 bridgehead atoms. The molecule has 0 saturated carbocycles. The van der Waals surface area contributed by atoms with Crippen molar-refractivity contribution in [3.8, 4) is 5.75 Å². The van der Waals surface area contributed by atoms with Gasteiger partial charge in [-0.15, -0.1) is 5.10 Å². The number of rotatable bonds is 7. The van der Waals surface area contributed by atoms with Gasteiger partial charge in [0.2, 0.25) is 21.8 Å². The van der Waals surface area contributed by atoms with E-state index in [1.807, 2.05) is 26.0 Å². The van der Waals surface area contributed by atoms with E-state index < -0.39 is 22.0 Å². The fourth-order valence-electron chi connectivity index (χ4n) is 3.83. The van der Waals surface area contributed by atoms with Gasteiger partial charge in [-0.2, -0.15) is 4.31 Å². The molecule has 1 amide bonds. The standard InChI is InChI=1S/C23H26N4O5S/c1-15-6-7-17(13-16(15)2)14-21-25-26-23(32-21)24-22(28)20-5-4-12-27(20)33(29,30)19-10-8-18(31-3)9-11-19/h6-11,13,20H,4-5,12,14H2,1-3H3,(H,24,26,28). The highest BCUT2D eigenvalue weighted by atomic mass is 32.2. The van der Waals surface area contributed by atoms with Gasteiger partial charge < -0.3 is 9.15 Å². The minimum atomic E-state index is -3.84. The number of hydrogen-bond acceptors (Lipinski definition) is 7. The van der Waals surface area contributed by atoms with Gasteiger partial charge in [-0.1, -0.05) is 23.3 Å². The molecule has 10 heteroatoms. The van der Waals surface area contributed by atoms with Gasteiger partial charge in [-0.25, -0.2) is 8.42 Å². The summed E-state index contributed by atoms with van der Waals surface area (Å²) in [5.41, 5.74) is 3.38. The zero-order valence-corrected chi connectivity index (χ0v) is 19.6. The summed E-state index contributed by atoms with van der Waals surface area (Å²) in [5, 5.41) is 10.5. The van der Waals surface area contributed by atoms with Crippen molar-refractivity contribution in [1.82, 2.24) is 14.5 Å². The van der Waals surface area contributed by atoms with Crippen molar-refractivity contribution < 1.29 is 22.4 Å². The highest BCUT2D eigenvalue weighted by Crippen LogP contribution is 2.28. The van der Waals surface area contributed by atoms with Gasteiger partial charge in [0.05, 0.1) is 18.4 Å². The van der Waals surface area contributed by atoms with Gasteiger partial charge in [0, 0.05) is 6.54 Å². The normalized spacial score (nSPS) is 16.6. The molecule has 9 nitrogen and oxygen atoms in total. The number of nitrogens with one attached hydrogen (secondary N) is 1. The second-order valence-corrected chi connectivity index (χ2v) is 9.93. The number of hydrogen-bond donors (Lipinski definition) is 1. The van der Waals surface area contributed by atoms with Crippen molar-refractivity contribution in [2.24, 2.45) is 0 Å². The molecule has 1 aliphatic rings. The predicted octanol–water partition coefficient (Wildman–Crippen LogP) is 3.08. The Hall–Kier alpha value is -3.24. The molecule has 0 spiro atoms. The first kappa shape index (κ1) is 22.9. The number of carbonyl (C=O) groups excluding carboxylic acids is 1. The van der Waals surface area contributed by atoms with Crippen LogP contribution in [0.25, 0.3) is 0 Å². The third-order valence-corrected chi connectivity index (χ3v) is 7.72. The Labute approximate surface area is 192 Å². The van der Waals surface area contributed by atoms with Gasteiger partial charge in [0.15, 0.2) is 0 Å². The fourth-order valence-corrected chi connectivity index (χ4v) is 5.48. The van der Waals surface area contributed by atoms with E-state index in [9.17, 15) is 13.2 Å². The van der Waals surface area contributed by atoms with E-state index >= 15 is 0 Å². The minimum absolute atomic E-state index is 0.0486. The maximum Gasteiger partial charge on any atom is 0.322 e. The summed E-state index contributed by atoms with van der Waals surface area (Å²) in [6, 6.07) is 11.3. The van der Waals surface area contributed by atoms with E-state index in [1.165, 1.54) is 34.7 Å². The van der Waals surface area contributed by atoms with Crippen LogP contribution in [0.3, 0.4) is 0 Å². The van der Waals surface area contributed by atoms with Crippen LogP contribution < -0.4 is 10.1 Å². The molecule has 0 radical (unpaired) electrons. The van der Waals surface area contributed by atoms with Gasteiger partial charge in [0.25, 0.3) is 0 Å². The molecule has 2 heterocycles. The van der Waals surface area contributed by atoms with Crippen LogP contribution in [0, 0.1) is 13.8 Å². The Balaban J connectivity index is 1.45. The fraction of sp³-hybridized carbons (Fsp3) is 0.348. The molecule has 1 unspecified atom stereocenters. The number of nitrogens with zero attached hydrogens (tertiary/aromatic N) is 3. The lowest BCUT2D eigenvalue weighted by atomic mass is 10.0. The second-order valence-electron chi connectivity index (χ2n) is 8.03. The lowest BCUT2D eigenvalue weighted by Gasteiger charge is -2.22. The van der Waals surface area contributed by atoms with Crippen LogP contribution in [-0.2, 0) is 21.2 Å². The van der Waals surface area contributed by atoms with Crippen molar-refractivity contribution in [1.29, 1.82) is 0 Å². The molecule has 174 valence electrons. The average Bonchev–Trinajstić information content (AvgIpc) is 3.46. The number of amides is 1. The van der Waals surface area contributed by atoms with E-state index in [-0.39, 0.29) is 17.5 Å². The summed E-state index contributed by atoms with van der Waals surface area (Å²) < 4.78 is 38.1. The predicted molar refractivity (Wildman–Crippen MR) is 122 cm³/mol. The molecule has 1 N–H and O–H groups in total. The third kappa shape index (κ3) is 4.91. The first-order valence-electron chi connectivity index (χ1n) is 10.6. The number of aromatic nitrogens is 2. The van der Waals surface area contributed by atoms with E-state index in [2.05, 4.69) is 21.6 Å². The lowest BCUT2D eigenvalue weighted by molar-refractivity contribution is -0.119. The summed E-state index contributed by atoms with van der Waals surface area (Å²) in [4.78, 5) is 13.0. The molecule has 2 aromatic carbocycles. The van der Waals surface area contributed by atoms with Crippen LogP contribution in [0.4, 0.5) is 6.01 Å². The van der Waals surface area contributed by atoms with E-state index in [0.29, 0.717) is 30.9 Å². The van der Waals surface area contributed by atoms with Crippen LogP contribution >= 0.6 is 0 Å². The molecule has 1 atom stereocenters. The summed E-state index contributed by atoms with van der Waals surface area (Å²) in [6.07, 6.45) is 1.42. The molecule has 1 fully saturated rings. The molecule has 3 aromatic rings. The summed E-state index contributed by atoms with van der Waals surface area (Å²) in [7, 11) is -2.33. The number of carbonyl (C=O) groups is 1. The molecular formula is C23H26N4O5S. The van der Waals surface area contributed by atoms with Crippen molar-refractivity contribution >= 4 is 21.9 Å². The van der Waals surface area contributed by atoms with Crippen LogP contribution in [0.5, 0.6) is 5.75 Å². The van der Waals surface area contributed by atoms with Crippen LogP contribution in [0.15, 0.2) is 51.8 Å². The van der Waals surface area contributed by atoms with E-state index in [0.717, 1.165) is 5.56 Å². The zero-order chi connectivity index (χ0) is 23.6. The maximum atomic E-state index is 13.1. The first-order valence-corrected chi connectivity index (χ1v) is 12.1. The van der Waals surface area contributed by atoms with Crippen molar-refractivity contribution in [2.75, 3.05) is 19.0 Å². The highest BCUT2D eigenvalue weighted by Gasteiger charge is 2.39. The van der Waals surface area contributed by atoms with Gasteiger partial charge >= 0.3 is 6.01 Å². The molecule has 1 aliphatic heterocycles. The van der Waals surface area contributed by atoms with Gasteiger partial charge in [-0.05, 0) is 67.6 Å². The van der Waals surface area contributed by atoms with Gasteiger partial charge in [0.1, 0.15) is 11.8 Å². The van der Waals surface area contributed by atoms with Gasteiger partial charge in [-0.3, -0.25) is 10.1 Å². The summed E-state index contributed by atoms with van der Waals surface area (Å²) in [6.45, 7) is 4.33. The Bertz CT molecular complexity index is 1250. The number of ether oxygens (including phenoxy) is 1. The average molecular weight is 471 g/mol. The Kier molecular flexibility index (Phi) is 6.48. The monoisotopic (exact) mass is 470 g/mol. The summed E-state index contributed by atoms with van der Waals surface area (Å²) in [5.74, 6) is 0.423. The van der Waals surface area contributed by atoms with Crippen LogP contribution in [0.2, 0.25) is 0 Å². The third-order valence-electron chi connectivity index (χ3n) is 5.80. The minimum Gasteiger partial charge on any atom is -0.497 e. The van der Waals surface area contributed by atoms with E-state index in [1.54, 1.807) is 12.1 Å². The number of aryl methyl sites for hydroxylation is 2. The zero-order valence-electron chi connectivity index (χ0n) is 18.7. The molecule has 33 heavy (non-hydrogen) atoms.